The third kappa shape index (κ3) is 5.27. The van der Waals surface area contributed by atoms with Crippen molar-refractivity contribution < 1.29 is 17.6 Å². The monoisotopic (exact) mass is 356 g/mol. The quantitative estimate of drug-likeness (QED) is 0.786. The van der Waals surface area contributed by atoms with Gasteiger partial charge in [0, 0.05) is 32.6 Å². The van der Waals surface area contributed by atoms with Crippen LogP contribution in [-0.2, 0) is 20.6 Å². The maximum absolute atomic E-state index is 12.9. The van der Waals surface area contributed by atoms with Gasteiger partial charge in [0.15, 0.2) is 0 Å². The van der Waals surface area contributed by atoms with Gasteiger partial charge in [-0.1, -0.05) is 25.5 Å². The topological polar surface area (TPSA) is 57.7 Å². The molecule has 134 valence electrons. The zero-order chi connectivity index (χ0) is 17.6. The summed E-state index contributed by atoms with van der Waals surface area (Å²) in [6.45, 7) is 3.82. The Labute approximate surface area is 143 Å². The molecule has 0 bridgehead atoms. The van der Waals surface area contributed by atoms with E-state index < -0.39 is 10.0 Å². The first-order valence-corrected chi connectivity index (χ1v) is 10.0. The maximum Gasteiger partial charge on any atom is 0.222 e. The molecule has 1 aliphatic rings. The Kier molecular flexibility index (Phi) is 6.74. The lowest BCUT2D eigenvalue weighted by atomic mass is 10.2. The number of halogens is 1. The molecule has 1 fully saturated rings. The molecule has 1 saturated heterocycles. The molecule has 1 aromatic carbocycles. The number of unbranched alkanes of at least 4 members (excludes halogenated alkanes) is 1. The SMILES string of the molecule is CCCCC(=O)N1CCCN(S(=O)(=O)Cc2ccc(F)cc2)CC1. The van der Waals surface area contributed by atoms with Crippen molar-refractivity contribution >= 4 is 15.9 Å². The van der Waals surface area contributed by atoms with Gasteiger partial charge < -0.3 is 4.90 Å². The molecule has 1 heterocycles. The highest BCUT2D eigenvalue weighted by Crippen LogP contribution is 2.15. The number of hydrogen-bond acceptors (Lipinski definition) is 3. The minimum Gasteiger partial charge on any atom is -0.341 e. The second-order valence-corrected chi connectivity index (χ2v) is 8.09. The third-order valence-electron chi connectivity index (χ3n) is 4.21. The highest BCUT2D eigenvalue weighted by molar-refractivity contribution is 7.88. The molecule has 5 nitrogen and oxygen atoms in total. The molecule has 2 rings (SSSR count). The van der Waals surface area contributed by atoms with Gasteiger partial charge in [-0.15, -0.1) is 0 Å². The van der Waals surface area contributed by atoms with Gasteiger partial charge in [0.2, 0.25) is 15.9 Å². The number of hydrogen-bond donors (Lipinski definition) is 0. The fourth-order valence-corrected chi connectivity index (χ4v) is 4.35. The average Bonchev–Trinajstić information content (AvgIpc) is 2.81. The van der Waals surface area contributed by atoms with E-state index in [-0.39, 0.29) is 17.5 Å². The van der Waals surface area contributed by atoms with E-state index in [1.807, 2.05) is 6.92 Å². The first-order valence-electron chi connectivity index (χ1n) is 8.42. The van der Waals surface area contributed by atoms with Crippen molar-refractivity contribution in [2.45, 2.75) is 38.4 Å². The van der Waals surface area contributed by atoms with Gasteiger partial charge in [0.05, 0.1) is 5.75 Å². The van der Waals surface area contributed by atoms with Gasteiger partial charge >= 0.3 is 0 Å². The van der Waals surface area contributed by atoms with Crippen LogP contribution in [0.15, 0.2) is 24.3 Å². The van der Waals surface area contributed by atoms with Crippen molar-refractivity contribution in [2.75, 3.05) is 26.2 Å². The smallest absolute Gasteiger partial charge is 0.222 e. The van der Waals surface area contributed by atoms with Crippen LogP contribution in [0.3, 0.4) is 0 Å². The fraction of sp³-hybridized carbons (Fsp3) is 0.588. The minimum atomic E-state index is -3.47. The Bertz CT molecular complexity index is 646. The van der Waals surface area contributed by atoms with Crippen LogP contribution in [0.5, 0.6) is 0 Å². The summed E-state index contributed by atoms with van der Waals surface area (Å²) in [5.74, 6) is -0.418. The van der Waals surface area contributed by atoms with Crippen molar-refractivity contribution in [3.63, 3.8) is 0 Å². The molecule has 1 aromatic rings. The largest absolute Gasteiger partial charge is 0.341 e. The van der Waals surface area contributed by atoms with E-state index in [9.17, 15) is 17.6 Å². The molecular formula is C17H25FN2O3S. The second kappa shape index (κ2) is 8.58. The van der Waals surface area contributed by atoms with Crippen LogP contribution in [0.25, 0.3) is 0 Å². The summed E-state index contributed by atoms with van der Waals surface area (Å²) < 4.78 is 39.5. The molecular weight excluding hydrogens is 331 g/mol. The van der Waals surface area contributed by atoms with E-state index >= 15 is 0 Å². The van der Waals surface area contributed by atoms with Crippen LogP contribution in [0.4, 0.5) is 4.39 Å². The lowest BCUT2D eigenvalue weighted by Gasteiger charge is -2.22. The Hall–Kier alpha value is -1.47. The molecule has 0 atom stereocenters. The first kappa shape index (κ1) is 18.9. The molecule has 0 saturated carbocycles. The molecule has 0 radical (unpaired) electrons. The summed E-state index contributed by atoms with van der Waals surface area (Å²) >= 11 is 0. The van der Waals surface area contributed by atoms with Crippen LogP contribution < -0.4 is 0 Å². The van der Waals surface area contributed by atoms with Crippen molar-refractivity contribution in [2.24, 2.45) is 0 Å². The van der Waals surface area contributed by atoms with Crippen LogP contribution in [0.2, 0.25) is 0 Å². The van der Waals surface area contributed by atoms with Crippen LogP contribution in [-0.4, -0.2) is 49.7 Å². The molecule has 1 amide bonds. The van der Waals surface area contributed by atoms with E-state index in [2.05, 4.69) is 0 Å². The van der Waals surface area contributed by atoms with E-state index in [0.29, 0.717) is 44.6 Å². The zero-order valence-electron chi connectivity index (χ0n) is 14.1. The summed E-state index contributed by atoms with van der Waals surface area (Å²) in [6.07, 6.45) is 3.00. The normalized spacial score (nSPS) is 16.8. The van der Waals surface area contributed by atoms with Crippen LogP contribution in [0, 0.1) is 5.82 Å². The van der Waals surface area contributed by atoms with Crippen molar-refractivity contribution in [1.29, 1.82) is 0 Å². The van der Waals surface area contributed by atoms with Gasteiger partial charge in [-0.2, -0.15) is 4.31 Å². The van der Waals surface area contributed by atoms with Gasteiger partial charge in [-0.3, -0.25) is 4.79 Å². The zero-order valence-corrected chi connectivity index (χ0v) is 14.9. The Morgan fingerprint density at radius 1 is 1.12 bits per heavy atom. The minimum absolute atomic E-state index is 0.106. The van der Waals surface area contributed by atoms with Crippen LogP contribution >= 0.6 is 0 Å². The third-order valence-corrected chi connectivity index (χ3v) is 6.06. The van der Waals surface area contributed by atoms with E-state index in [4.69, 9.17) is 0 Å². The number of sulfonamides is 1. The molecule has 0 spiro atoms. The number of rotatable bonds is 6. The first-order chi connectivity index (χ1) is 11.4. The molecule has 0 aliphatic carbocycles. The van der Waals surface area contributed by atoms with Crippen molar-refractivity contribution in [3.05, 3.63) is 35.6 Å². The number of nitrogens with zero attached hydrogens (tertiary/aromatic N) is 2. The predicted molar refractivity (Wildman–Crippen MR) is 91.3 cm³/mol. The van der Waals surface area contributed by atoms with E-state index in [1.54, 1.807) is 4.90 Å². The number of amides is 1. The number of benzene rings is 1. The summed E-state index contributed by atoms with van der Waals surface area (Å²) in [7, 11) is -3.47. The van der Waals surface area contributed by atoms with E-state index in [1.165, 1.54) is 28.6 Å². The second-order valence-electron chi connectivity index (χ2n) is 6.12. The van der Waals surface area contributed by atoms with Gasteiger partial charge in [-0.25, -0.2) is 12.8 Å². The molecule has 7 heteroatoms. The summed E-state index contributed by atoms with van der Waals surface area (Å²) in [6, 6.07) is 5.51. The summed E-state index contributed by atoms with van der Waals surface area (Å²) in [4.78, 5) is 13.9. The average molecular weight is 356 g/mol. The Morgan fingerprint density at radius 2 is 1.83 bits per heavy atom. The maximum atomic E-state index is 12.9. The summed E-state index contributed by atoms with van der Waals surface area (Å²) in [5.41, 5.74) is 0.566. The van der Waals surface area contributed by atoms with Crippen LogP contribution in [0.1, 0.15) is 38.2 Å². The summed E-state index contributed by atoms with van der Waals surface area (Å²) in [5, 5.41) is 0. The number of carbonyl (C=O) groups is 1. The standard InChI is InChI=1S/C17H25FN2O3S/c1-2-3-5-17(21)19-10-4-11-20(13-12-19)24(22,23)14-15-6-8-16(18)9-7-15/h6-9H,2-5,10-14H2,1H3. The Morgan fingerprint density at radius 3 is 2.50 bits per heavy atom. The molecule has 0 unspecified atom stereocenters. The molecule has 0 aromatic heterocycles. The Balaban J connectivity index is 1.96. The van der Waals surface area contributed by atoms with Gasteiger partial charge in [0.1, 0.15) is 5.82 Å². The molecule has 24 heavy (non-hydrogen) atoms. The molecule has 1 aliphatic heterocycles. The lowest BCUT2D eigenvalue weighted by molar-refractivity contribution is -0.131. The number of carbonyl (C=O) groups excluding carboxylic acids is 1. The van der Waals surface area contributed by atoms with Gasteiger partial charge in [0.25, 0.3) is 0 Å². The van der Waals surface area contributed by atoms with Crippen molar-refractivity contribution in [1.82, 2.24) is 9.21 Å². The highest BCUT2D eigenvalue weighted by atomic mass is 32.2. The van der Waals surface area contributed by atoms with Crippen molar-refractivity contribution in [3.8, 4) is 0 Å². The fourth-order valence-electron chi connectivity index (χ4n) is 2.79. The van der Waals surface area contributed by atoms with E-state index in [0.717, 1.165) is 12.8 Å². The predicted octanol–water partition coefficient (Wildman–Crippen LogP) is 2.38. The lowest BCUT2D eigenvalue weighted by Crippen LogP contribution is -2.37. The highest BCUT2D eigenvalue weighted by Gasteiger charge is 2.26. The molecule has 0 N–H and O–H groups in total. The van der Waals surface area contributed by atoms with Gasteiger partial charge in [-0.05, 0) is 30.5 Å².